The quantitative estimate of drug-likeness (QED) is 0.443. The van der Waals surface area contributed by atoms with Gasteiger partial charge in [0.15, 0.2) is 5.75 Å². The Balaban J connectivity index is 3.21. The molecule has 1 aromatic rings. The van der Waals surface area contributed by atoms with E-state index < -0.39 is 15.6 Å². The maximum atomic E-state index is 12.2. The summed E-state index contributed by atoms with van der Waals surface area (Å²) in [6, 6.07) is 4.55. The first kappa shape index (κ1) is 14.9. The van der Waals surface area contributed by atoms with E-state index in [0.717, 1.165) is 8.93 Å². The number of hydrogen-bond acceptors (Lipinski definition) is 4. The van der Waals surface area contributed by atoms with E-state index in [-0.39, 0.29) is 5.75 Å². The van der Waals surface area contributed by atoms with E-state index >= 15 is 0 Å². The topological polar surface area (TPSA) is 43.4 Å². The van der Waals surface area contributed by atoms with E-state index in [1.165, 1.54) is 19.1 Å². The van der Waals surface area contributed by atoms with Crippen molar-refractivity contribution in [2.45, 2.75) is 17.3 Å². The molecule has 1 aromatic carbocycles. The smallest absolute Gasteiger partial charge is 0.375 e. The van der Waals surface area contributed by atoms with Crippen LogP contribution in [0.5, 0.6) is 5.75 Å². The van der Waals surface area contributed by atoms with E-state index in [1.54, 1.807) is 6.07 Å². The monoisotopic (exact) mass is 398 g/mol. The first-order chi connectivity index (χ1) is 7.69. The Morgan fingerprint density at radius 1 is 1.35 bits per heavy atom. The van der Waals surface area contributed by atoms with E-state index in [4.69, 9.17) is 0 Å². The van der Waals surface area contributed by atoms with Crippen molar-refractivity contribution >= 4 is 40.3 Å². The van der Waals surface area contributed by atoms with Crippen molar-refractivity contribution in [3.8, 4) is 5.75 Å². The highest BCUT2D eigenvalue weighted by Crippen LogP contribution is 2.38. The fourth-order valence-electron chi connectivity index (χ4n) is 0.950. The lowest BCUT2D eigenvalue weighted by atomic mass is 10.2. The highest BCUT2D eigenvalue weighted by atomic mass is 127. The molecule has 17 heavy (non-hydrogen) atoms. The molecule has 0 spiro atoms. The van der Waals surface area contributed by atoms with Crippen LogP contribution in [0.4, 0.5) is 13.2 Å². The normalized spacial score (nSPS) is 12.5. The minimum absolute atomic E-state index is 0.288. The van der Waals surface area contributed by atoms with Crippen molar-refractivity contribution in [2.75, 3.05) is 0 Å². The van der Waals surface area contributed by atoms with Crippen molar-refractivity contribution in [3.05, 3.63) is 23.8 Å². The van der Waals surface area contributed by atoms with Crippen molar-refractivity contribution in [1.29, 1.82) is 0 Å². The van der Waals surface area contributed by atoms with Gasteiger partial charge in [-0.05, 0) is 27.5 Å². The van der Waals surface area contributed by atoms with Crippen molar-refractivity contribution in [2.24, 2.45) is 0 Å². The maximum absolute atomic E-state index is 12.2. The summed E-state index contributed by atoms with van der Waals surface area (Å²) in [5.41, 5.74) is -5.11. The van der Waals surface area contributed by atoms with Crippen LogP contribution in [-0.4, -0.2) is 13.9 Å². The lowest BCUT2D eigenvalue weighted by Crippen LogP contribution is -2.28. The number of halogens is 4. The van der Waals surface area contributed by atoms with E-state index in [0.29, 0.717) is 10.5 Å². The summed E-state index contributed by atoms with van der Waals surface area (Å²) in [7, 11) is -4.55. The summed E-state index contributed by atoms with van der Waals surface area (Å²) < 4.78 is 62.4. The minimum atomic E-state index is -5.62. The zero-order valence-corrected chi connectivity index (χ0v) is 12.1. The van der Waals surface area contributed by atoms with Gasteiger partial charge in [0.25, 0.3) is 0 Å². The number of hydrogen-bond donors (Lipinski definition) is 0. The molecule has 0 radical (unpaired) electrons. The van der Waals surface area contributed by atoms with Gasteiger partial charge in [-0.25, -0.2) is 0 Å². The molecule has 0 unspecified atom stereocenters. The largest absolute Gasteiger partial charge is 0.534 e. The van der Waals surface area contributed by atoms with Crippen LogP contribution in [0, 0.1) is 6.92 Å². The second-order valence-electron chi connectivity index (χ2n) is 2.96. The SMILES string of the molecule is Cc1cccc(SI)c1OS(=O)(=O)C(F)(F)F. The number of benzene rings is 1. The zero-order valence-electron chi connectivity index (χ0n) is 8.29. The molecular formula is C8H6F3IO3S2. The molecule has 3 nitrogen and oxygen atoms in total. The Morgan fingerprint density at radius 3 is 2.41 bits per heavy atom. The molecule has 1 rings (SSSR count). The van der Waals surface area contributed by atoms with Crippen LogP contribution in [0.25, 0.3) is 0 Å². The fourth-order valence-corrected chi connectivity index (χ4v) is 2.98. The van der Waals surface area contributed by atoms with Gasteiger partial charge in [0.2, 0.25) is 0 Å². The molecule has 9 heteroatoms. The van der Waals surface area contributed by atoms with Gasteiger partial charge >= 0.3 is 15.6 Å². The second kappa shape index (κ2) is 5.22. The molecule has 0 atom stereocenters. The zero-order chi connectivity index (χ0) is 13.3. The fraction of sp³-hybridized carbons (Fsp3) is 0.250. The Kier molecular flexibility index (Phi) is 4.58. The third-order valence-electron chi connectivity index (χ3n) is 1.74. The number of alkyl halides is 3. The Morgan fingerprint density at radius 2 is 1.94 bits per heavy atom. The van der Waals surface area contributed by atoms with Crippen LogP contribution in [-0.2, 0) is 10.1 Å². The average molecular weight is 398 g/mol. The minimum Gasteiger partial charge on any atom is -0.375 e. The van der Waals surface area contributed by atoms with Crippen molar-refractivity contribution in [1.82, 2.24) is 0 Å². The third-order valence-corrected chi connectivity index (χ3v) is 4.60. The summed E-state index contributed by atoms with van der Waals surface area (Å²) in [5, 5.41) is 0. The van der Waals surface area contributed by atoms with E-state index in [2.05, 4.69) is 4.18 Å². The average Bonchev–Trinajstić information content (AvgIpc) is 2.19. The Bertz CT molecular complexity index is 513. The standard InChI is InChI=1S/C8H6F3IO3S2/c1-5-3-2-4-6(16-12)7(5)15-17(13,14)8(9,10)11/h2-4H,1H3. The molecule has 0 amide bonds. The van der Waals surface area contributed by atoms with E-state index in [9.17, 15) is 21.6 Å². The summed E-state index contributed by atoms with van der Waals surface area (Å²) in [6.07, 6.45) is 0. The summed E-state index contributed by atoms with van der Waals surface area (Å²) in [5.74, 6) is -0.288. The van der Waals surface area contributed by atoms with Gasteiger partial charge in [0.1, 0.15) is 0 Å². The predicted octanol–water partition coefficient (Wildman–Crippen LogP) is 3.67. The third kappa shape index (κ3) is 3.41. The summed E-state index contributed by atoms with van der Waals surface area (Å²) in [6.45, 7) is 1.47. The van der Waals surface area contributed by atoms with Crippen LogP contribution in [0.2, 0.25) is 0 Å². The second-order valence-corrected chi connectivity index (χ2v) is 6.42. The van der Waals surface area contributed by atoms with Gasteiger partial charge < -0.3 is 4.18 Å². The molecule has 0 N–H and O–H groups in total. The number of para-hydroxylation sites is 1. The van der Waals surface area contributed by atoms with Gasteiger partial charge in [-0.1, -0.05) is 12.1 Å². The van der Waals surface area contributed by atoms with Gasteiger partial charge in [-0.2, -0.15) is 21.6 Å². The van der Waals surface area contributed by atoms with Crippen LogP contribution < -0.4 is 4.18 Å². The molecule has 0 aliphatic rings. The molecule has 0 saturated carbocycles. The summed E-state index contributed by atoms with van der Waals surface area (Å²) >= 11 is 1.83. The van der Waals surface area contributed by atoms with Crippen molar-refractivity contribution < 1.29 is 25.8 Å². The highest BCUT2D eigenvalue weighted by molar-refractivity contribution is 14.2. The molecule has 0 fully saturated rings. The first-order valence-corrected chi connectivity index (χ1v) is 8.85. The lowest BCUT2D eigenvalue weighted by Gasteiger charge is -2.13. The van der Waals surface area contributed by atoms with Gasteiger partial charge in [0.05, 0.1) is 4.90 Å². The Labute approximate surface area is 112 Å². The van der Waals surface area contributed by atoms with Gasteiger partial charge in [-0.15, -0.1) is 0 Å². The van der Waals surface area contributed by atoms with Crippen LogP contribution in [0.3, 0.4) is 0 Å². The molecule has 96 valence electrons. The predicted molar refractivity (Wildman–Crippen MR) is 66.7 cm³/mol. The molecule has 0 aliphatic carbocycles. The van der Waals surface area contributed by atoms with Crippen LogP contribution >= 0.6 is 30.1 Å². The molecule has 0 saturated heterocycles. The molecule has 0 aromatic heterocycles. The van der Waals surface area contributed by atoms with Crippen molar-refractivity contribution in [3.63, 3.8) is 0 Å². The molecular weight excluding hydrogens is 392 g/mol. The molecule has 0 aliphatic heterocycles. The Hall–Kier alpha value is -0.160. The molecule has 0 heterocycles. The van der Waals surface area contributed by atoms with Gasteiger partial charge in [0, 0.05) is 21.2 Å². The first-order valence-electron chi connectivity index (χ1n) is 4.08. The van der Waals surface area contributed by atoms with E-state index in [1.807, 2.05) is 21.2 Å². The highest BCUT2D eigenvalue weighted by Gasteiger charge is 2.49. The number of aryl methyl sites for hydroxylation is 1. The number of rotatable bonds is 3. The maximum Gasteiger partial charge on any atom is 0.534 e. The molecule has 0 bridgehead atoms. The lowest BCUT2D eigenvalue weighted by molar-refractivity contribution is -0.0500. The van der Waals surface area contributed by atoms with Crippen LogP contribution in [0.1, 0.15) is 5.56 Å². The summed E-state index contributed by atoms with van der Waals surface area (Å²) in [4.78, 5) is 0.318. The van der Waals surface area contributed by atoms with Crippen LogP contribution in [0.15, 0.2) is 23.1 Å². The van der Waals surface area contributed by atoms with Gasteiger partial charge in [-0.3, -0.25) is 0 Å².